The molecule has 0 aromatic carbocycles. The first-order valence-electron chi connectivity index (χ1n) is 5.79. The predicted octanol–water partition coefficient (Wildman–Crippen LogP) is 1.69. The van der Waals surface area contributed by atoms with Gasteiger partial charge in [0.2, 0.25) is 0 Å². The average molecular weight is 296 g/mol. The van der Waals surface area contributed by atoms with E-state index in [1.165, 1.54) is 21.8 Å². The Morgan fingerprint density at radius 2 is 2.53 bits per heavy atom. The van der Waals surface area contributed by atoms with Gasteiger partial charge in [0.05, 0.1) is 35.4 Å². The van der Waals surface area contributed by atoms with Gasteiger partial charge in [0.1, 0.15) is 0 Å². The van der Waals surface area contributed by atoms with E-state index in [1.807, 2.05) is 0 Å². The minimum atomic E-state index is -0.792. The van der Waals surface area contributed by atoms with Crippen LogP contribution in [0, 0.1) is 23.2 Å². The van der Waals surface area contributed by atoms with E-state index < -0.39 is 6.10 Å². The summed E-state index contributed by atoms with van der Waals surface area (Å²) in [5.41, 5.74) is 0.794. The van der Waals surface area contributed by atoms with E-state index in [9.17, 15) is 9.90 Å². The van der Waals surface area contributed by atoms with Crippen LogP contribution in [-0.4, -0.2) is 14.5 Å². The van der Waals surface area contributed by atoms with Crippen molar-refractivity contribution in [3.8, 4) is 6.07 Å². The Morgan fingerprint density at radius 3 is 3.16 bits per heavy atom. The normalized spacial score (nSPS) is 23.2. The van der Waals surface area contributed by atoms with Crippen molar-refractivity contribution in [2.75, 3.05) is 0 Å². The molecule has 0 aliphatic heterocycles. The van der Waals surface area contributed by atoms with Gasteiger partial charge >= 0.3 is 0 Å². The van der Waals surface area contributed by atoms with Gasteiger partial charge in [-0.3, -0.25) is 9.20 Å². The van der Waals surface area contributed by atoms with Crippen LogP contribution in [0.5, 0.6) is 0 Å². The fourth-order valence-corrected chi connectivity index (χ4v) is 3.27. The van der Waals surface area contributed by atoms with Crippen LogP contribution in [0.4, 0.5) is 0 Å². The number of hydrogen-bond donors (Lipinski definition) is 1. The summed E-state index contributed by atoms with van der Waals surface area (Å²) in [6.07, 6.45) is -0.114. The van der Waals surface area contributed by atoms with E-state index in [0.29, 0.717) is 22.8 Å². The molecule has 0 amide bonds. The molecule has 0 spiro atoms. The number of hydrogen-bond acceptors (Lipinski definition) is 5. The first-order valence-corrected chi connectivity index (χ1v) is 7.21. The van der Waals surface area contributed by atoms with Crippen molar-refractivity contribution < 1.29 is 5.11 Å². The summed E-state index contributed by atoms with van der Waals surface area (Å²) in [6.45, 7) is 0. The Hall–Kier alpha value is -1.42. The largest absolute Gasteiger partial charge is 0.386 e. The van der Waals surface area contributed by atoms with Crippen molar-refractivity contribution in [1.82, 2.24) is 9.38 Å². The molecule has 1 fully saturated rings. The zero-order valence-corrected chi connectivity index (χ0v) is 11.4. The van der Waals surface area contributed by atoms with Gasteiger partial charge < -0.3 is 5.11 Å². The second-order valence-corrected chi connectivity index (χ2v) is 5.68. The molecule has 3 unspecified atom stereocenters. The summed E-state index contributed by atoms with van der Waals surface area (Å²) < 4.78 is 1.40. The molecule has 3 rings (SSSR count). The topological polar surface area (TPSA) is 78.4 Å². The molecule has 7 heteroatoms. The van der Waals surface area contributed by atoms with Crippen molar-refractivity contribution in [3.05, 3.63) is 33.2 Å². The minimum absolute atomic E-state index is 0.0811. The number of fused-ring (bicyclic) bond motifs is 1. The van der Waals surface area contributed by atoms with Crippen LogP contribution in [0.3, 0.4) is 0 Å². The van der Waals surface area contributed by atoms with E-state index in [0.717, 1.165) is 0 Å². The Morgan fingerprint density at radius 1 is 1.74 bits per heavy atom. The van der Waals surface area contributed by atoms with Crippen LogP contribution in [0.25, 0.3) is 4.96 Å². The van der Waals surface area contributed by atoms with Gasteiger partial charge in [0.15, 0.2) is 4.96 Å². The highest BCUT2D eigenvalue weighted by Crippen LogP contribution is 2.47. The summed E-state index contributed by atoms with van der Waals surface area (Å²) in [7, 11) is 0. The molecule has 19 heavy (non-hydrogen) atoms. The van der Waals surface area contributed by atoms with Gasteiger partial charge in [-0.15, -0.1) is 22.9 Å². The van der Waals surface area contributed by atoms with E-state index >= 15 is 0 Å². The number of aromatic nitrogens is 2. The Labute approximate surface area is 117 Å². The first-order chi connectivity index (χ1) is 9.15. The lowest BCUT2D eigenvalue weighted by Gasteiger charge is -2.08. The second kappa shape index (κ2) is 4.60. The van der Waals surface area contributed by atoms with Crippen LogP contribution in [0.2, 0.25) is 0 Å². The molecule has 5 nitrogen and oxygen atoms in total. The van der Waals surface area contributed by atoms with Crippen LogP contribution < -0.4 is 5.56 Å². The third-order valence-corrected chi connectivity index (χ3v) is 4.45. The van der Waals surface area contributed by atoms with Gasteiger partial charge in [0, 0.05) is 17.4 Å². The maximum absolute atomic E-state index is 12.0. The lowest BCUT2D eigenvalue weighted by Crippen LogP contribution is -2.18. The fraction of sp³-hybridized carbons (Fsp3) is 0.417. The SMILES string of the molecule is N#CC1CC1C(O)c1csc2nc(CCl)cc(=O)n12. The standard InChI is InChI=1S/C12H10ClN3O2S/c13-3-7-2-10(17)16-9(5-19-12(16)15-7)11(18)8-1-6(8)4-14/h2,5-6,8,11,18H,1,3H2. The van der Waals surface area contributed by atoms with Crippen molar-refractivity contribution in [2.45, 2.75) is 18.4 Å². The fourth-order valence-electron chi connectivity index (χ4n) is 2.19. The van der Waals surface area contributed by atoms with Crippen LogP contribution in [0.1, 0.15) is 23.9 Å². The molecule has 1 N–H and O–H groups in total. The number of aliphatic hydroxyl groups is 1. The average Bonchev–Trinajstić information content (AvgIpc) is 3.08. The second-order valence-electron chi connectivity index (χ2n) is 4.58. The van der Waals surface area contributed by atoms with E-state index in [1.54, 1.807) is 5.38 Å². The molecule has 2 aromatic rings. The lowest BCUT2D eigenvalue weighted by molar-refractivity contribution is 0.144. The van der Waals surface area contributed by atoms with Gasteiger partial charge in [-0.05, 0) is 6.42 Å². The van der Waals surface area contributed by atoms with E-state index in [2.05, 4.69) is 11.1 Å². The molecule has 98 valence electrons. The minimum Gasteiger partial charge on any atom is -0.386 e. The van der Waals surface area contributed by atoms with Crippen LogP contribution in [-0.2, 0) is 5.88 Å². The number of alkyl halides is 1. The van der Waals surface area contributed by atoms with Crippen molar-refractivity contribution in [3.63, 3.8) is 0 Å². The molecule has 2 heterocycles. The van der Waals surface area contributed by atoms with Gasteiger partial charge in [-0.25, -0.2) is 4.98 Å². The number of rotatable bonds is 3. The van der Waals surface area contributed by atoms with Crippen molar-refractivity contribution in [2.24, 2.45) is 11.8 Å². The number of halogens is 1. The summed E-state index contributed by atoms with van der Waals surface area (Å²) in [4.78, 5) is 16.8. The number of nitriles is 1. The number of thiazole rings is 1. The summed E-state index contributed by atoms with van der Waals surface area (Å²) in [5, 5.41) is 20.8. The Bertz CT molecular complexity index is 733. The van der Waals surface area contributed by atoms with E-state index in [4.69, 9.17) is 16.9 Å². The third kappa shape index (κ3) is 2.04. The highest BCUT2D eigenvalue weighted by atomic mass is 35.5. The highest BCUT2D eigenvalue weighted by Gasteiger charge is 2.44. The Kier molecular flexibility index (Phi) is 3.05. The molecular formula is C12H10ClN3O2S. The Balaban J connectivity index is 2.06. The molecule has 0 saturated heterocycles. The summed E-state index contributed by atoms with van der Waals surface area (Å²) >= 11 is 6.97. The molecule has 2 aromatic heterocycles. The van der Waals surface area contributed by atoms with Crippen molar-refractivity contribution >= 4 is 27.9 Å². The summed E-state index contributed by atoms with van der Waals surface area (Å²) in [6, 6.07) is 3.51. The molecule has 0 radical (unpaired) electrons. The van der Waals surface area contributed by atoms with Crippen molar-refractivity contribution in [1.29, 1.82) is 5.26 Å². The van der Waals surface area contributed by atoms with Crippen LogP contribution >= 0.6 is 22.9 Å². The van der Waals surface area contributed by atoms with Gasteiger partial charge in [0.25, 0.3) is 5.56 Å². The zero-order chi connectivity index (χ0) is 13.6. The first kappa shape index (κ1) is 12.6. The van der Waals surface area contributed by atoms with Gasteiger partial charge in [-0.1, -0.05) is 0 Å². The quantitative estimate of drug-likeness (QED) is 0.874. The smallest absolute Gasteiger partial charge is 0.259 e. The maximum Gasteiger partial charge on any atom is 0.259 e. The zero-order valence-electron chi connectivity index (χ0n) is 9.78. The molecular weight excluding hydrogens is 286 g/mol. The van der Waals surface area contributed by atoms with Crippen LogP contribution in [0.15, 0.2) is 16.2 Å². The van der Waals surface area contributed by atoms with Gasteiger partial charge in [-0.2, -0.15) is 5.26 Å². The summed E-state index contributed by atoms with van der Waals surface area (Å²) in [5.74, 6) is -0.0150. The highest BCUT2D eigenvalue weighted by molar-refractivity contribution is 7.15. The molecule has 1 saturated carbocycles. The number of aliphatic hydroxyl groups excluding tert-OH is 1. The molecule has 1 aliphatic rings. The monoisotopic (exact) mass is 295 g/mol. The molecule has 1 aliphatic carbocycles. The maximum atomic E-state index is 12.0. The third-order valence-electron chi connectivity index (χ3n) is 3.34. The lowest BCUT2D eigenvalue weighted by atomic mass is 10.1. The predicted molar refractivity (Wildman–Crippen MR) is 71.1 cm³/mol. The molecule has 3 atom stereocenters. The van der Waals surface area contributed by atoms with E-state index in [-0.39, 0.29) is 23.3 Å². The number of nitrogens with zero attached hydrogens (tertiary/aromatic N) is 3. The molecule has 0 bridgehead atoms.